The Morgan fingerprint density at radius 3 is 2.59 bits per heavy atom. The molecule has 0 bridgehead atoms. The zero-order valence-electron chi connectivity index (χ0n) is 12.5. The van der Waals surface area contributed by atoms with Crippen molar-refractivity contribution in [1.29, 1.82) is 0 Å². The average molecular weight is 318 g/mol. The number of thiazole rings is 1. The maximum Gasteiger partial charge on any atom is 0.329 e. The number of carboxylic acids is 1. The van der Waals surface area contributed by atoms with E-state index in [1.54, 1.807) is 6.92 Å². The minimum Gasteiger partial charge on any atom is -0.480 e. The van der Waals surface area contributed by atoms with E-state index in [4.69, 9.17) is 0 Å². The van der Waals surface area contributed by atoms with E-state index in [1.807, 2.05) is 35.7 Å². The van der Waals surface area contributed by atoms with E-state index in [1.165, 1.54) is 18.3 Å². The van der Waals surface area contributed by atoms with E-state index in [9.17, 15) is 14.7 Å². The van der Waals surface area contributed by atoms with Gasteiger partial charge >= 0.3 is 5.97 Å². The summed E-state index contributed by atoms with van der Waals surface area (Å²) < 4.78 is 0. The second-order valence-corrected chi connectivity index (χ2v) is 6.08. The van der Waals surface area contributed by atoms with Crippen molar-refractivity contribution >= 4 is 23.2 Å². The van der Waals surface area contributed by atoms with Crippen LogP contribution in [0.2, 0.25) is 0 Å². The quantitative estimate of drug-likeness (QED) is 0.858. The summed E-state index contributed by atoms with van der Waals surface area (Å²) in [6.07, 6.45) is 0.395. The van der Waals surface area contributed by atoms with Crippen molar-refractivity contribution in [3.63, 3.8) is 0 Å². The molecule has 22 heavy (non-hydrogen) atoms. The lowest BCUT2D eigenvalue weighted by molar-refractivity contribution is -0.146. The van der Waals surface area contributed by atoms with Crippen LogP contribution in [0.15, 0.2) is 35.7 Å². The second-order valence-electron chi connectivity index (χ2n) is 5.23. The molecule has 0 aliphatic rings. The number of carbonyl (C=O) groups is 2. The molecule has 6 heteroatoms. The average Bonchev–Trinajstić information content (AvgIpc) is 2.96. The van der Waals surface area contributed by atoms with Gasteiger partial charge in [-0.25, -0.2) is 9.78 Å². The Bertz CT molecular complexity index is 669. The Morgan fingerprint density at radius 2 is 2.00 bits per heavy atom. The smallest absolute Gasteiger partial charge is 0.329 e. The van der Waals surface area contributed by atoms with Crippen molar-refractivity contribution in [2.24, 2.45) is 0 Å². The highest BCUT2D eigenvalue weighted by molar-refractivity contribution is 7.13. The van der Waals surface area contributed by atoms with Crippen molar-refractivity contribution in [2.75, 3.05) is 0 Å². The molecule has 1 aromatic carbocycles. The van der Waals surface area contributed by atoms with Gasteiger partial charge in [-0.1, -0.05) is 37.3 Å². The summed E-state index contributed by atoms with van der Waals surface area (Å²) in [7, 11) is 0. The molecular formula is C16H18N2O3S. The van der Waals surface area contributed by atoms with Gasteiger partial charge < -0.3 is 10.4 Å². The molecule has 0 aliphatic heterocycles. The van der Waals surface area contributed by atoms with Crippen LogP contribution in [0.25, 0.3) is 10.6 Å². The number of amides is 1. The number of aliphatic carboxylic acids is 1. The lowest BCUT2D eigenvalue weighted by Crippen LogP contribution is -2.52. The molecule has 0 fully saturated rings. The SMILES string of the molecule is CCC(C)(NC(=O)Cc1csc(-c2ccccc2)n1)C(=O)O. The maximum absolute atomic E-state index is 12.0. The third-order valence-corrected chi connectivity index (χ3v) is 4.45. The lowest BCUT2D eigenvalue weighted by atomic mass is 9.99. The van der Waals surface area contributed by atoms with Crippen LogP contribution in [-0.4, -0.2) is 27.5 Å². The monoisotopic (exact) mass is 318 g/mol. The van der Waals surface area contributed by atoms with Gasteiger partial charge in [0.1, 0.15) is 10.5 Å². The molecule has 0 aliphatic carbocycles. The first-order valence-electron chi connectivity index (χ1n) is 6.99. The highest BCUT2D eigenvalue weighted by atomic mass is 32.1. The summed E-state index contributed by atoms with van der Waals surface area (Å²) in [6.45, 7) is 3.23. The second kappa shape index (κ2) is 6.70. The molecule has 1 unspecified atom stereocenters. The number of carboxylic acid groups (broad SMARTS) is 1. The molecule has 1 amide bonds. The number of aromatic nitrogens is 1. The van der Waals surface area contributed by atoms with Crippen LogP contribution in [0.5, 0.6) is 0 Å². The van der Waals surface area contributed by atoms with Crippen LogP contribution in [-0.2, 0) is 16.0 Å². The zero-order chi connectivity index (χ0) is 16.2. The van der Waals surface area contributed by atoms with Crippen LogP contribution in [0.3, 0.4) is 0 Å². The van der Waals surface area contributed by atoms with Gasteiger partial charge in [0.25, 0.3) is 0 Å². The first-order chi connectivity index (χ1) is 10.4. The van der Waals surface area contributed by atoms with Gasteiger partial charge in [-0.3, -0.25) is 4.79 Å². The summed E-state index contributed by atoms with van der Waals surface area (Å²) in [6, 6.07) is 9.72. The molecule has 1 atom stereocenters. The molecule has 0 spiro atoms. The summed E-state index contributed by atoms with van der Waals surface area (Å²) >= 11 is 1.47. The van der Waals surface area contributed by atoms with Crippen molar-refractivity contribution in [3.05, 3.63) is 41.4 Å². The largest absolute Gasteiger partial charge is 0.480 e. The van der Waals surface area contributed by atoms with E-state index in [0.717, 1.165) is 10.6 Å². The normalized spacial score (nSPS) is 13.4. The number of hydrogen-bond acceptors (Lipinski definition) is 4. The maximum atomic E-state index is 12.0. The van der Waals surface area contributed by atoms with Crippen molar-refractivity contribution in [3.8, 4) is 10.6 Å². The summed E-state index contributed by atoms with van der Waals surface area (Å²) in [5.74, 6) is -1.37. The fourth-order valence-corrected chi connectivity index (χ4v) is 2.74. The topological polar surface area (TPSA) is 79.3 Å². The molecule has 2 rings (SSSR count). The minimum absolute atomic E-state index is 0.0756. The third kappa shape index (κ3) is 3.71. The van der Waals surface area contributed by atoms with E-state index in [2.05, 4.69) is 10.3 Å². The molecule has 116 valence electrons. The van der Waals surface area contributed by atoms with Crippen LogP contribution in [0, 0.1) is 0 Å². The molecule has 0 radical (unpaired) electrons. The van der Waals surface area contributed by atoms with Gasteiger partial charge in [-0.05, 0) is 13.3 Å². The van der Waals surface area contributed by atoms with E-state index in [0.29, 0.717) is 12.1 Å². The van der Waals surface area contributed by atoms with Gasteiger partial charge in [0.2, 0.25) is 5.91 Å². The molecule has 0 saturated heterocycles. The van der Waals surface area contributed by atoms with Crippen molar-refractivity contribution < 1.29 is 14.7 Å². The first kappa shape index (κ1) is 16.2. The van der Waals surface area contributed by atoms with E-state index in [-0.39, 0.29) is 12.3 Å². The Kier molecular flexibility index (Phi) is 4.92. The summed E-state index contributed by atoms with van der Waals surface area (Å²) in [4.78, 5) is 27.7. The van der Waals surface area contributed by atoms with Crippen LogP contribution in [0.4, 0.5) is 0 Å². The minimum atomic E-state index is -1.24. The number of nitrogens with zero attached hydrogens (tertiary/aromatic N) is 1. The Morgan fingerprint density at radius 1 is 1.32 bits per heavy atom. The molecular weight excluding hydrogens is 300 g/mol. The molecule has 1 heterocycles. The highest BCUT2D eigenvalue weighted by Crippen LogP contribution is 2.23. The predicted octanol–water partition coefficient (Wildman–Crippen LogP) is 2.72. The molecule has 2 aromatic rings. The van der Waals surface area contributed by atoms with Crippen molar-refractivity contribution in [2.45, 2.75) is 32.2 Å². The van der Waals surface area contributed by atoms with Crippen LogP contribution >= 0.6 is 11.3 Å². The van der Waals surface area contributed by atoms with Crippen LogP contribution < -0.4 is 5.32 Å². The fraction of sp³-hybridized carbons (Fsp3) is 0.312. The highest BCUT2D eigenvalue weighted by Gasteiger charge is 2.32. The van der Waals surface area contributed by atoms with Crippen molar-refractivity contribution in [1.82, 2.24) is 10.3 Å². The fourth-order valence-electron chi connectivity index (χ4n) is 1.91. The van der Waals surface area contributed by atoms with Gasteiger partial charge in [0.15, 0.2) is 0 Å². The number of nitrogens with one attached hydrogen (secondary N) is 1. The van der Waals surface area contributed by atoms with E-state index < -0.39 is 11.5 Å². The molecule has 1 aromatic heterocycles. The first-order valence-corrected chi connectivity index (χ1v) is 7.87. The standard InChI is InChI=1S/C16H18N2O3S/c1-3-16(2,15(20)21)18-13(19)9-12-10-22-14(17-12)11-7-5-4-6-8-11/h4-8,10H,3,9H2,1-2H3,(H,18,19)(H,20,21). The number of carbonyl (C=O) groups excluding carboxylic acids is 1. The summed E-state index contributed by atoms with van der Waals surface area (Å²) in [5.41, 5.74) is 0.406. The third-order valence-electron chi connectivity index (χ3n) is 3.51. The number of benzene rings is 1. The number of rotatable bonds is 6. The molecule has 5 nitrogen and oxygen atoms in total. The van der Waals surface area contributed by atoms with Gasteiger partial charge in [-0.2, -0.15) is 0 Å². The number of hydrogen-bond donors (Lipinski definition) is 2. The van der Waals surface area contributed by atoms with E-state index >= 15 is 0 Å². The zero-order valence-corrected chi connectivity index (χ0v) is 13.3. The summed E-state index contributed by atoms with van der Waals surface area (Å²) in [5, 5.41) is 14.4. The predicted molar refractivity (Wildman–Crippen MR) is 85.7 cm³/mol. The van der Waals surface area contributed by atoms with Gasteiger partial charge in [0.05, 0.1) is 12.1 Å². The Balaban J connectivity index is 2.04. The van der Waals surface area contributed by atoms with Crippen LogP contribution in [0.1, 0.15) is 26.0 Å². The lowest BCUT2D eigenvalue weighted by Gasteiger charge is -2.24. The van der Waals surface area contributed by atoms with Gasteiger partial charge in [-0.15, -0.1) is 11.3 Å². The molecule has 2 N–H and O–H groups in total. The Hall–Kier alpha value is -2.21. The molecule has 0 saturated carbocycles. The Labute approximate surface area is 133 Å². The van der Waals surface area contributed by atoms with Gasteiger partial charge in [0, 0.05) is 10.9 Å².